The Bertz CT molecular complexity index is 200. The lowest BCUT2D eigenvalue weighted by atomic mass is 9.98. The molecule has 0 aromatic heterocycles. The molecule has 0 bridgehead atoms. The Morgan fingerprint density at radius 2 is 1.85 bits per heavy atom. The Morgan fingerprint density at radius 3 is 2.38 bits per heavy atom. The molecule has 1 saturated heterocycles. The van der Waals surface area contributed by atoms with Crippen LogP contribution in [-0.2, 0) is 4.74 Å². The van der Waals surface area contributed by atoms with Crippen molar-refractivity contribution in [1.82, 2.24) is 4.90 Å². The number of hydrogen-bond acceptors (Lipinski definition) is 2. The van der Waals surface area contributed by atoms with Crippen LogP contribution in [0.3, 0.4) is 0 Å². The van der Waals surface area contributed by atoms with E-state index in [4.69, 9.17) is 4.74 Å². The molecule has 1 fully saturated rings. The van der Waals surface area contributed by atoms with E-state index in [1.807, 2.05) is 0 Å². The third kappa shape index (κ3) is 4.92. The molecule has 0 unspecified atom stereocenters. The van der Waals surface area contributed by atoms with Crippen molar-refractivity contribution in [2.45, 2.75) is 20.8 Å². The van der Waals surface area contributed by atoms with E-state index in [1.54, 1.807) is 0 Å². The zero-order chi connectivity index (χ0) is 9.73. The minimum Gasteiger partial charge on any atom is -0.379 e. The molecule has 0 radical (unpaired) electrons. The van der Waals surface area contributed by atoms with E-state index in [0.29, 0.717) is 0 Å². The number of ether oxygens (including phenoxy) is 1. The van der Waals surface area contributed by atoms with Gasteiger partial charge in [-0.1, -0.05) is 11.8 Å². The molecule has 0 amide bonds. The summed E-state index contributed by atoms with van der Waals surface area (Å²) in [6, 6.07) is 0. The number of morpholine rings is 1. The van der Waals surface area contributed by atoms with Crippen LogP contribution in [0.2, 0.25) is 0 Å². The third-order valence-corrected chi connectivity index (χ3v) is 1.87. The highest BCUT2D eigenvalue weighted by molar-refractivity contribution is 5.08. The van der Waals surface area contributed by atoms with Gasteiger partial charge in [0.2, 0.25) is 0 Å². The Kier molecular flexibility index (Phi) is 3.77. The van der Waals surface area contributed by atoms with Crippen molar-refractivity contribution in [1.29, 1.82) is 0 Å². The largest absolute Gasteiger partial charge is 0.379 e. The minimum atomic E-state index is 0.131. The van der Waals surface area contributed by atoms with E-state index in [2.05, 4.69) is 37.5 Å². The van der Waals surface area contributed by atoms with E-state index in [1.165, 1.54) is 0 Å². The van der Waals surface area contributed by atoms with Crippen molar-refractivity contribution < 1.29 is 4.74 Å². The van der Waals surface area contributed by atoms with Gasteiger partial charge < -0.3 is 4.74 Å². The van der Waals surface area contributed by atoms with Crippen LogP contribution in [0.15, 0.2) is 0 Å². The van der Waals surface area contributed by atoms with Crippen LogP contribution in [0, 0.1) is 17.3 Å². The van der Waals surface area contributed by atoms with Crippen molar-refractivity contribution in [3.05, 3.63) is 0 Å². The third-order valence-electron chi connectivity index (χ3n) is 1.87. The van der Waals surface area contributed by atoms with Crippen molar-refractivity contribution in [3.63, 3.8) is 0 Å². The normalized spacial score (nSPS) is 19.3. The van der Waals surface area contributed by atoms with Crippen molar-refractivity contribution in [2.75, 3.05) is 32.8 Å². The molecule has 0 saturated carbocycles. The molecule has 1 heterocycles. The second-order valence-electron chi connectivity index (χ2n) is 4.44. The maximum atomic E-state index is 5.26. The quantitative estimate of drug-likeness (QED) is 0.566. The number of hydrogen-bond donors (Lipinski definition) is 0. The lowest BCUT2D eigenvalue weighted by molar-refractivity contribution is 0.0443. The van der Waals surface area contributed by atoms with Gasteiger partial charge in [0.15, 0.2) is 0 Å². The van der Waals surface area contributed by atoms with Gasteiger partial charge in [-0.15, -0.1) is 0 Å². The Morgan fingerprint density at radius 1 is 1.23 bits per heavy atom. The molecule has 74 valence electrons. The molecule has 0 spiro atoms. The van der Waals surface area contributed by atoms with E-state index >= 15 is 0 Å². The summed E-state index contributed by atoms with van der Waals surface area (Å²) in [6.07, 6.45) is 0. The lowest BCUT2D eigenvalue weighted by Crippen LogP contribution is -2.36. The first-order chi connectivity index (χ1) is 6.08. The highest BCUT2D eigenvalue weighted by Crippen LogP contribution is 2.09. The first-order valence-electron chi connectivity index (χ1n) is 4.88. The maximum Gasteiger partial charge on any atom is 0.0603 e. The molecule has 0 aromatic carbocycles. The molecular formula is C11H19NO. The molecule has 1 rings (SSSR count). The molecule has 1 aliphatic rings. The van der Waals surface area contributed by atoms with Crippen molar-refractivity contribution in [3.8, 4) is 11.8 Å². The van der Waals surface area contributed by atoms with Gasteiger partial charge in [0.05, 0.1) is 19.8 Å². The van der Waals surface area contributed by atoms with Crippen LogP contribution in [0.25, 0.3) is 0 Å². The Labute approximate surface area is 81.3 Å². The fourth-order valence-electron chi connectivity index (χ4n) is 1.18. The molecule has 0 aliphatic carbocycles. The molecule has 2 nitrogen and oxygen atoms in total. The predicted molar refractivity (Wildman–Crippen MR) is 54.5 cm³/mol. The summed E-state index contributed by atoms with van der Waals surface area (Å²) in [5.41, 5.74) is 0.131. The molecule has 13 heavy (non-hydrogen) atoms. The van der Waals surface area contributed by atoms with Crippen LogP contribution < -0.4 is 0 Å². The van der Waals surface area contributed by atoms with E-state index in [-0.39, 0.29) is 5.41 Å². The van der Waals surface area contributed by atoms with Gasteiger partial charge >= 0.3 is 0 Å². The Hall–Kier alpha value is -0.520. The fourth-order valence-corrected chi connectivity index (χ4v) is 1.18. The summed E-state index contributed by atoms with van der Waals surface area (Å²) in [7, 11) is 0. The van der Waals surface area contributed by atoms with E-state index in [9.17, 15) is 0 Å². The van der Waals surface area contributed by atoms with Crippen LogP contribution in [0.4, 0.5) is 0 Å². The molecule has 0 N–H and O–H groups in total. The molecule has 2 heteroatoms. The first-order valence-corrected chi connectivity index (χ1v) is 4.88. The topological polar surface area (TPSA) is 12.5 Å². The zero-order valence-electron chi connectivity index (χ0n) is 8.89. The van der Waals surface area contributed by atoms with Crippen molar-refractivity contribution in [2.24, 2.45) is 5.41 Å². The van der Waals surface area contributed by atoms with Gasteiger partial charge in [0.25, 0.3) is 0 Å². The highest BCUT2D eigenvalue weighted by Gasteiger charge is 2.08. The van der Waals surface area contributed by atoms with Crippen LogP contribution in [0.5, 0.6) is 0 Å². The van der Waals surface area contributed by atoms with Gasteiger partial charge in [0.1, 0.15) is 0 Å². The monoisotopic (exact) mass is 181 g/mol. The molecular weight excluding hydrogens is 162 g/mol. The average molecular weight is 181 g/mol. The number of rotatable bonds is 1. The van der Waals surface area contributed by atoms with Gasteiger partial charge in [-0.25, -0.2) is 0 Å². The standard InChI is InChI=1S/C11H19NO/c1-11(2,3)5-4-6-12-7-9-13-10-8-12/h6-10H2,1-3H3. The fraction of sp³-hybridized carbons (Fsp3) is 0.818. The SMILES string of the molecule is CC(C)(C)C#CCN1CCOCC1. The summed E-state index contributed by atoms with van der Waals surface area (Å²) in [6.45, 7) is 11.1. The zero-order valence-corrected chi connectivity index (χ0v) is 8.89. The van der Waals surface area contributed by atoms with Gasteiger partial charge in [-0.3, -0.25) is 4.90 Å². The first kappa shape index (κ1) is 10.6. The summed E-state index contributed by atoms with van der Waals surface area (Å²) in [5, 5.41) is 0. The second kappa shape index (κ2) is 4.64. The average Bonchev–Trinajstić information content (AvgIpc) is 2.04. The molecule has 1 aliphatic heterocycles. The van der Waals surface area contributed by atoms with Gasteiger partial charge in [-0.2, -0.15) is 0 Å². The van der Waals surface area contributed by atoms with Crippen LogP contribution in [0.1, 0.15) is 20.8 Å². The summed E-state index contributed by atoms with van der Waals surface area (Å²) < 4.78 is 5.26. The van der Waals surface area contributed by atoms with Crippen molar-refractivity contribution >= 4 is 0 Å². The minimum absolute atomic E-state index is 0.131. The van der Waals surface area contributed by atoms with E-state index < -0.39 is 0 Å². The Balaban J connectivity index is 2.27. The lowest BCUT2D eigenvalue weighted by Gasteiger charge is -2.24. The van der Waals surface area contributed by atoms with Crippen LogP contribution >= 0.6 is 0 Å². The summed E-state index contributed by atoms with van der Waals surface area (Å²) >= 11 is 0. The highest BCUT2D eigenvalue weighted by atomic mass is 16.5. The maximum absolute atomic E-state index is 5.26. The smallest absolute Gasteiger partial charge is 0.0603 e. The van der Waals surface area contributed by atoms with E-state index in [0.717, 1.165) is 32.8 Å². The second-order valence-corrected chi connectivity index (χ2v) is 4.44. The van der Waals surface area contributed by atoms with Crippen LogP contribution in [-0.4, -0.2) is 37.7 Å². The summed E-state index contributed by atoms with van der Waals surface area (Å²) in [4.78, 5) is 2.34. The van der Waals surface area contributed by atoms with Gasteiger partial charge in [0, 0.05) is 18.5 Å². The predicted octanol–water partition coefficient (Wildman–Crippen LogP) is 1.37. The number of nitrogens with zero attached hydrogens (tertiary/aromatic N) is 1. The molecule has 0 aromatic rings. The summed E-state index contributed by atoms with van der Waals surface area (Å²) in [5.74, 6) is 6.45. The van der Waals surface area contributed by atoms with Gasteiger partial charge in [-0.05, 0) is 20.8 Å². The molecule has 0 atom stereocenters.